The number of ether oxygens (including phenoxy) is 1. The number of aromatic hydroxyl groups is 1. The van der Waals surface area contributed by atoms with Gasteiger partial charge in [0.1, 0.15) is 5.75 Å². The van der Waals surface area contributed by atoms with Crippen molar-refractivity contribution in [3.05, 3.63) is 42.0 Å². The summed E-state index contributed by atoms with van der Waals surface area (Å²) in [5, 5.41) is 24.9. The molecule has 0 bridgehead atoms. The van der Waals surface area contributed by atoms with Gasteiger partial charge in [0.25, 0.3) is 0 Å². The van der Waals surface area contributed by atoms with Crippen LogP contribution in [0.2, 0.25) is 0 Å². The first-order valence-electron chi connectivity index (χ1n) is 6.83. The molecule has 0 aromatic heterocycles. The van der Waals surface area contributed by atoms with E-state index >= 15 is 0 Å². The van der Waals surface area contributed by atoms with Crippen LogP contribution < -0.4 is 5.32 Å². The summed E-state index contributed by atoms with van der Waals surface area (Å²) in [5.74, 6) is 0.305. The Bertz CT molecular complexity index is 602. The van der Waals surface area contributed by atoms with Crippen molar-refractivity contribution in [3.8, 4) is 5.75 Å². The number of benzene rings is 2. The number of fused-ring (bicyclic) bond motifs is 1. The van der Waals surface area contributed by atoms with Crippen LogP contribution in [0, 0.1) is 5.41 Å². The molecule has 1 saturated heterocycles. The summed E-state index contributed by atoms with van der Waals surface area (Å²) >= 11 is 0. The summed E-state index contributed by atoms with van der Waals surface area (Å²) in [6.45, 7) is 2.58. The maximum atomic E-state index is 10.1. The quantitative estimate of drug-likeness (QED) is 0.775. The smallest absolute Gasteiger partial charge is 0.120 e. The second kappa shape index (κ2) is 5.40. The second-order valence-corrected chi connectivity index (χ2v) is 5.54. The molecule has 3 rings (SSSR count). The van der Waals surface area contributed by atoms with Crippen LogP contribution in [0.5, 0.6) is 5.75 Å². The molecule has 0 radical (unpaired) electrons. The normalized spacial score (nSPS) is 17.1. The third kappa shape index (κ3) is 2.38. The SMILES string of the molecule is OCC1(CNCc2c(O)ccc3ccccc23)COC1. The number of nitrogens with one attached hydrogen (secondary N) is 1. The van der Waals surface area contributed by atoms with Gasteiger partial charge in [-0.15, -0.1) is 0 Å². The highest BCUT2D eigenvalue weighted by Gasteiger charge is 2.37. The molecule has 4 heteroatoms. The van der Waals surface area contributed by atoms with E-state index in [0.29, 0.717) is 32.1 Å². The van der Waals surface area contributed by atoms with Gasteiger partial charge in [-0.2, -0.15) is 0 Å². The summed E-state index contributed by atoms with van der Waals surface area (Å²) in [6.07, 6.45) is 0. The first kappa shape index (κ1) is 13.4. The molecule has 4 nitrogen and oxygen atoms in total. The Hall–Kier alpha value is -1.62. The van der Waals surface area contributed by atoms with Crippen molar-refractivity contribution in [1.82, 2.24) is 5.32 Å². The van der Waals surface area contributed by atoms with Crippen LogP contribution in [0.3, 0.4) is 0 Å². The predicted molar refractivity (Wildman–Crippen MR) is 77.7 cm³/mol. The first-order valence-corrected chi connectivity index (χ1v) is 6.83. The Labute approximate surface area is 118 Å². The van der Waals surface area contributed by atoms with Crippen molar-refractivity contribution in [3.63, 3.8) is 0 Å². The molecule has 106 valence electrons. The van der Waals surface area contributed by atoms with Crippen molar-refractivity contribution in [2.75, 3.05) is 26.4 Å². The zero-order chi connectivity index (χ0) is 14.0. The number of aliphatic hydroxyl groups excluding tert-OH is 1. The minimum absolute atomic E-state index is 0.127. The van der Waals surface area contributed by atoms with Crippen LogP contribution in [0.25, 0.3) is 10.8 Å². The van der Waals surface area contributed by atoms with Gasteiger partial charge in [0.15, 0.2) is 0 Å². The fourth-order valence-corrected chi connectivity index (χ4v) is 2.60. The van der Waals surface area contributed by atoms with Gasteiger partial charge in [-0.25, -0.2) is 0 Å². The maximum Gasteiger partial charge on any atom is 0.120 e. The van der Waals surface area contributed by atoms with E-state index in [1.807, 2.05) is 30.3 Å². The van der Waals surface area contributed by atoms with Crippen molar-refractivity contribution in [2.24, 2.45) is 5.41 Å². The molecule has 1 aliphatic heterocycles. The molecule has 1 fully saturated rings. The van der Waals surface area contributed by atoms with Gasteiger partial charge in [0, 0.05) is 18.7 Å². The largest absolute Gasteiger partial charge is 0.508 e. The molecular weight excluding hydrogens is 254 g/mol. The molecule has 0 atom stereocenters. The molecule has 0 spiro atoms. The van der Waals surface area contributed by atoms with E-state index in [9.17, 15) is 10.2 Å². The topological polar surface area (TPSA) is 61.7 Å². The lowest BCUT2D eigenvalue weighted by atomic mass is 9.87. The lowest BCUT2D eigenvalue weighted by Crippen LogP contribution is -2.52. The summed E-state index contributed by atoms with van der Waals surface area (Å²) in [6, 6.07) is 11.7. The average molecular weight is 273 g/mol. The highest BCUT2D eigenvalue weighted by atomic mass is 16.5. The van der Waals surface area contributed by atoms with Crippen LogP contribution in [-0.2, 0) is 11.3 Å². The van der Waals surface area contributed by atoms with E-state index in [0.717, 1.165) is 16.3 Å². The standard InChI is InChI=1S/C16H19NO3/c18-9-16(10-20-11-16)8-17-7-14-13-4-2-1-3-12(13)5-6-15(14)19/h1-6,17-19H,7-11H2. The number of phenolic OH excluding ortho intramolecular Hbond substituents is 1. The van der Waals surface area contributed by atoms with Gasteiger partial charge in [0.2, 0.25) is 0 Å². The van der Waals surface area contributed by atoms with E-state index < -0.39 is 0 Å². The monoisotopic (exact) mass is 273 g/mol. The molecule has 20 heavy (non-hydrogen) atoms. The van der Waals surface area contributed by atoms with Crippen LogP contribution in [0.4, 0.5) is 0 Å². The molecule has 0 aliphatic carbocycles. The molecule has 2 aromatic rings. The number of aliphatic hydroxyl groups is 1. The van der Waals surface area contributed by atoms with Gasteiger partial charge < -0.3 is 20.3 Å². The van der Waals surface area contributed by atoms with Gasteiger partial charge in [0.05, 0.1) is 25.2 Å². The molecule has 1 heterocycles. The molecule has 1 aliphatic rings. The molecule has 3 N–H and O–H groups in total. The van der Waals surface area contributed by atoms with E-state index in [2.05, 4.69) is 5.32 Å². The Morgan fingerprint density at radius 3 is 2.65 bits per heavy atom. The van der Waals surface area contributed by atoms with Gasteiger partial charge in [-0.3, -0.25) is 0 Å². The second-order valence-electron chi connectivity index (χ2n) is 5.54. The molecule has 0 unspecified atom stereocenters. The summed E-state index contributed by atoms with van der Waals surface area (Å²) in [4.78, 5) is 0. The predicted octanol–water partition coefficient (Wildman–Crippen LogP) is 1.64. The highest BCUT2D eigenvalue weighted by molar-refractivity contribution is 5.87. The van der Waals surface area contributed by atoms with Crippen molar-refractivity contribution in [2.45, 2.75) is 6.54 Å². The van der Waals surface area contributed by atoms with Gasteiger partial charge in [-0.05, 0) is 16.8 Å². The lowest BCUT2D eigenvalue weighted by molar-refractivity contribution is -0.134. The highest BCUT2D eigenvalue weighted by Crippen LogP contribution is 2.28. The number of rotatable bonds is 5. The summed E-state index contributed by atoms with van der Waals surface area (Å²) in [5.41, 5.74) is 0.747. The maximum absolute atomic E-state index is 10.1. The van der Waals surface area contributed by atoms with E-state index in [4.69, 9.17) is 4.74 Å². The van der Waals surface area contributed by atoms with Crippen LogP contribution in [0.15, 0.2) is 36.4 Å². The average Bonchev–Trinajstić information content (AvgIpc) is 2.44. The Morgan fingerprint density at radius 1 is 1.15 bits per heavy atom. The number of phenols is 1. The van der Waals surface area contributed by atoms with Crippen LogP contribution in [0.1, 0.15) is 5.56 Å². The van der Waals surface area contributed by atoms with E-state index in [-0.39, 0.29) is 12.0 Å². The fourth-order valence-electron chi connectivity index (χ4n) is 2.60. The van der Waals surface area contributed by atoms with Crippen LogP contribution in [-0.4, -0.2) is 36.6 Å². The third-order valence-corrected chi connectivity index (χ3v) is 3.97. The lowest BCUT2D eigenvalue weighted by Gasteiger charge is -2.40. The molecule has 2 aromatic carbocycles. The van der Waals surface area contributed by atoms with Crippen molar-refractivity contribution >= 4 is 10.8 Å². The Balaban J connectivity index is 1.75. The minimum atomic E-state index is -0.153. The van der Waals surface area contributed by atoms with E-state index in [1.165, 1.54) is 0 Å². The van der Waals surface area contributed by atoms with Crippen molar-refractivity contribution < 1.29 is 14.9 Å². The van der Waals surface area contributed by atoms with Crippen molar-refractivity contribution in [1.29, 1.82) is 0 Å². The molecule has 0 saturated carbocycles. The summed E-state index contributed by atoms with van der Waals surface area (Å²) in [7, 11) is 0. The van der Waals surface area contributed by atoms with Gasteiger partial charge >= 0.3 is 0 Å². The molecule has 0 amide bonds. The minimum Gasteiger partial charge on any atom is -0.508 e. The summed E-state index contributed by atoms with van der Waals surface area (Å²) < 4.78 is 5.18. The number of hydrogen-bond donors (Lipinski definition) is 3. The third-order valence-electron chi connectivity index (χ3n) is 3.97. The molecular formula is C16H19NO3. The Morgan fingerprint density at radius 2 is 1.95 bits per heavy atom. The van der Waals surface area contributed by atoms with Crippen LogP contribution >= 0.6 is 0 Å². The van der Waals surface area contributed by atoms with E-state index in [1.54, 1.807) is 6.07 Å². The first-order chi connectivity index (χ1) is 9.74. The van der Waals surface area contributed by atoms with Gasteiger partial charge in [-0.1, -0.05) is 30.3 Å². The Kier molecular flexibility index (Phi) is 3.61. The zero-order valence-electron chi connectivity index (χ0n) is 11.3. The number of hydrogen-bond acceptors (Lipinski definition) is 4. The fraction of sp³-hybridized carbons (Fsp3) is 0.375. The zero-order valence-corrected chi connectivity index (χ0v) is 11.3.